The van der Waals surface area contributed by atoms with Crippen LogP contribution in [0.25, 0.3) is 0 Å². The first-order chi connectivity index (χ1) is 8.11. The van der Waals surface area contributed by atoms with Gasteiger partial charge in [-0.15, -0.1) is 0 Å². The molecular weight excluding hydrogens is 304 g/mol. The van der Waals surface area contributed by atoms with Crippen LogP contribution in [0, 0.1) is 0 Å². The predicted octanol–water partition coefficient (Wildman–Crippen LogP) is 3.40. The van der Waals surface area contributed by atoms with E-state index in [1.807, 2.05) is 17.7 Å². The first-order valence-electron chi connectivity index (χ1n) is 5.26. The number of aromatic nitrogens is 2. The first-order valence-corrected chi connectivity index (χ1v) is 6.43. The highest BCUT2D eigenvalue weighted by molar-refractivity contribution is 9.10. The van der Waals surface area contributed by atoms with E-state index in [0.717, 1.165) is 16.6 Å². The predicted molar refractivity (Wildman–Crippen MR) is 71.1 cm³/mol. The van der Waals surface area contributed by atoms with E-state index < -0.39 is 6.10 Å². The number of benzene rings is 1. The zero-order valence-electron chi connectivity index (χ0n) is 9.27. The van der Waals surface area contributed by atoms with E-state index >= 15 is 0 Å². The summed E-state index contributed by atoms with van der Waals surface area (Å²) in [7, 11) is 0. The van der Waals surface area contributed by atoms with Crippen molar-refractivity contribution in [1.82, 2.24) is 9.55 Å². The fraction of sp³-hybridized carbons (Fsp3) is 0.250. The maximum absolute atomic E-state index is 10.2. The number of nitrogens with zero attached hydrogens (tertiary/aromatic N) is 2. The normalized spacial score (nSPS) is 12.7. The van der Waals surface area contributed by atoms with Crippen LogP contribution in [0.5, 0.6) is 0 Å². The lowest BCUT2D eigenvalue weighted by Gasteiger charge is -2.10. The number of aliphatic hydroxyl groups is 1. The van der Waals surface area contributed by atoms with E-state index in [-0.39, 0.29) is 0 Å². The Morgan fingerprint density at radius 3 is 2.88 bits per heavy atom. The Morgan fingerprint density at radius 2 is 2.29 bits per heavy atom. The minimum Gasteiger partial charge on any atom is -0.382 e. The lowest BCUT2D eigenvalue weighted by molar-refractivity contribution is 0.215. The number of imidazole rings is 1. The zero-order valence-corrected chi connectivity index (χ0v) is 11.6. The van der Waals surface area contributed by atoms with Crippen LogP contribution in [-0.2, 0) is 6.54 Å². The molecule has 0 saturated carbocycles. The minimum atomic E-state index is -0.741. The van der Waals surface area contributed by atoms with Crippen molar-refractivity contribution in [3.8, 4) is 0 Å². The van der Waals surface area contributed by atoms with E-state index in [0.29, 0.717) is 10.7 Å². The molecule has 0 aliphatic carbocycles. The van der Waals surface area contributed by atoms with Gasteiger partial charge in [-0.2, -0.15) is 0 Å². The third kappa shape index (κ3) is 2.70. The van der Waals surface area contributed by atoms with Gasteiger partial charge in [-0.3, -0.25) is 0 Å². The summed E-state index contributed by atoms with van der Waals surface area (Å²) in [6.45, 7) is 2.86. The molecule has 1 aromatic heterocycles. The standard InChI is InChI=1S/C12H12BrClN2O/c1-2-16-6-11(15-7-16)12(17)9-4-3-8(14)5-10(9)13/h3-7,12,17H,2H2,1H3. The van der Waals surface area contributed by atoms with E-state index in [2.05, 4.69) is 20.9 Å². The number of aliphatic hydroxyl groups excluding tert-OH is 1. The molecule has 1 atom stereocenters. The van der Waals surface area contributed by atoms with Gasteiger partial charge in [0.2, 0.25) is 0 Å². The molecule has 5 heteroatoms. The SMILES string of the molecule is CCn1cnc(C(O)c2ccc(Cl)cc2Br)c1. The Hall–Kier alpha value is -0.840. The van der Waals surface area contributed by atoms with Gasteiger partial charge in [-0.05, 0) is 19.1 Å². The number of rotatable bonds is 3. The maximum Gasteiger partial charge on any atom is 0.124 e. The van der Waals surface area contributed by atoms with Gasteiger partial charge >= 0.3 is 0 Å². The number of hydrogen-bond donors (Lipinski definition) is 1. The molecule has 17 heavy (non-hydrogen) atoms. The van der Waals surface area contributed by atoms with Gasteiger partial charge in [0.25, 0.3) is 0 Å². The molecule has 0 aliphatic heterocycles. The van der Waals surface area contributed by atoms with Gasteiger partial charge in [0.1, 0.15) is 6.10 Å². The second kappa shape index (κ2) is 5.21. The van der Waals surface area contributed by atoms with Gasteiger partial charge in [0, 0.05) is 27.8 Å². The van der Waals surface area contributed by atoms with Crippen molar-refractivity contribution in [3.63, 3.8) is 0 Å². The summed E-state index contributed by atoms with van der Waals surface area (Å²) in [6.07, 6.45) is 2.81. The Morgan fingerprint density at radius 1 is 1.53 bits per heavy atom. The number of aryl methyl sites for hydroxylation is 1. The van der Waals surface area contributed by atoms with Crippen molar-refractivity contribution in [2.75, 3.05) is 0 Å². The molecule has 1 heterocycles. The van der Waals surface area contributed by atoms with E-state index in [1.165, 1.54) is 0 Å². The molecule has 90 valence electrons. The first kappa shape index (κ1) is 12.6. The molecule has 1 unspecified atom stereocenters. The molecule has 0 bridgehead atoms. The van der Waals surface area contributed by atoms with Crippen molar-refractivity contribution in [3.05, 3.63) is 51.5 Å². The average Bonchev–Trinajstić information content (AvgIpc) is 2.76. The van der Waals surface area contributed by atoms with Crippen LogP contribution in [0.2, 0.25) is 5.02 Å². The highest BCUT2D eigenvalue weighted by Gasteiger charge is 2.16. The minimum absolute atomic E-state index is 0.631. The number of halogens is 2. The fourth-order valence-electron chi connectivity index (χ4n) is 1.57. The Kier molecular flexibility index (Phi) is 3.86. The van der Waals surface area contributed by atoms with Crippen molar-refractivity contribution in [2.24, 2.45) is 0 Å². The van der Waals surface area contributed by atoms with Gasteiger partial charge in [-0.25, -0.2) is 4.98 Å². The van der Waals surface area contributed by atoms with E-state index in [1.54, 1.807) is 24.5 Å². The summed E-state index contributed by atoms with van der Waals surface area (Å²) in [5.41, 5.74) is 1.39. The van der Waals surface area contributed by atoms with Crippen molar-refractivity contribution < 1.29 is 5.11 Å². The molecule has 3 nitrogen and oxygen atoms in total. The smallest absolute Gasteiger partial charge is 0.124 e. The summed E-state index contributed by atoms with van der Waals surface area (Å²) in [5.74, 6) is 0. The van der Waals surface area contributed by atoms with Gasteiger partial charge in [0.05, 0.1) is 12.0 Å². The molecule has 0 spiro atoms. The molecule has 0 saturated heterocycles. The molecular formula is C12H12BrClN2O. The van der Waals surface area contributed by atoms with Crippen molar-refractivity contribution >= 4 is 27.5 Å². The fourth-order valence-corrected chi connectivity index (χ4v) is 2.47. The Bertz CT molecular complexity index is 527. The van der Waals surface area contributed by atoms with Crippen LogP contribution < -0.4 is 0 Å². The second-order valence-electron chi connectivity index (χ2n) is 3.70. The summed E-state index contributed by atoms with van der Waals surface area (Å²) in [5, 5.41) is 10.9. The lowest BCUT2D eigenvalue weighted by atomic mass is 10.1. The van der Waals surface area contributed by atoms with Crippen molar-refractivity contribution in [2.45, 2.75) is 19.6 Å². The van der Waals surface area contributed by atoms with Crippen LogP contribution in [0.15, 0.2) is 35.2 Å². The lowest BCUT2D eigenvalue weighted by Crippen LogP contribution is -2.01. The summed E-state index contributed by atoms with van der Waals surface area (Å²) in [6, 6.07) is 5.31. The third-order valence-electron chi connectivity index (χ3n) is 2.56. The highest BCUT2D eigenvalue weighted by atomic mass is 79.9. The van der Waals surface area contributed by atoms with Crippen molar-refractivity contribution in [1.29, 1.82) is 0 Å². The third-order valence-corrected chi connectivity index (χ3v) is 3.48. The summed E-state index contributed by atoms with van der Waals surface area (Å²) < 4.78 is 2.70. The van der Waals surface area contributed by atoms with Gasteiger partial charge in [-0.1, -0.05) is 33.6 Å². The molecule has 2 rings (SSSR count). The molecule has 2 aromatic rings. The second-order valence-corrected chi connectivity index (χ2v) is 4.99. The molecule has 0 amide bonds. The van der Waals surface area contributed by atoms with Gasteiger partial charge < -0.3 is 9.67 Å². The van der Waals surface area contributed by atoms with E-state index in [9.17, 15) is 5.11 Å². The van der Waals surface area contributed by atoms with E-state index in [4.69, 9.17) is 11.6 Å². The van der Waals surface area contributed by atoms with Crippen LogP contribution >= 0.6 is 27.5 Å². The van der Waals surface area contributed by atoms with Crippen LogP contribution in [0.3, 0.4) is 0 Å². The largest absolute Gasteiger partial charge is 0.382 e. The summed E-state index contributed by atoms with van der Waals surface area (Å²) in [4.78, 5) is 4.19. The molecule has 0 fully saturated rings. The molecule has 1 N–H and O–H groups in total. The Balaban J connectivity index is 2.33. The number of hydrogen-bond acceptors (Lipinski definition) is 2. The highest BCUT2D eigenvalue weighted by Crippen LogP contribution is 2.29. The zero-order chi connectivity index (χ0) is 12.4. The monoisotopic (exact) mass is 314 g/mol. The molecule has 0 radical (unpaired) electrons. The maximum atomic E-state index is 10.2. The van der Waals surface area contributed by atoms with Gasteiger partial charge in [0.15, 0.2) is 0 Å². The van der Waals surface area contributed by atoms with Crippen LogP contribution in [0.1, 0.15) is 24.3 Å². The quantitative estimate of drug-likeness (QED) is 0.942. The Labute approximate surface area is 113 Å². The molecule has 0 aliphatic rings. The summed E-state index contributed by atoms with van der Waals surface area (Å²) >= 11 is 9.25. The van der Waals surface area contributed by atoms with Crippen LogP contribution in [-0.4, -0.2) is 14.7 Å². The van der Waals surface area contributed by atoms with Crippen LogP contribution in [0.4, 0.5) is 0 Å². The molecule has 1 aromatic carbocycles. The topological polar surface area (TPSA) is 38.0 Å². The average molecular weight is 316 g/mol.